The molecule has 0 spiro atoms. The third kappa shape index (κ3) is 3.31. The van der Waals surface area contributed by atoms with E-state index in [9.17, 15) is 9.59 Å². The lowest BCUT2D eigenvalue weighted by Gasteiger charge is -2.18. The van der Waals surface area contributed by atoms with Crippen LogP contribution in [0.5, 0.6) is 0 Å². The maximum atomic E-state index is 12.4. The Morgan fingerprint density at radius 1 is 1.08 bits per heavy atom. The maximum absolute atomic E-state index is 12.4. The average Bonchev–Trinajstić information content (AvgIpc) is 2.60. The molecule has 0 aliphatic heterocycles. The first kappa shape index (κ1) is 16.2. The molecule has 0 saturated carbocycles. The van der Waals surface area contributed by atoms with Crippen LogP contribution in [-0.4, -0.2) is 13.0 Å². The number of fused-ring (bicyclic) bond motifs is 1. The van der Waals surface area contributed by atoms with E-state index >= 15 is 0 Å². The topological polar surface area (TPSA) is 50.5 Å². The van der Waals surface area contributed by atoms with Crippen LogP contribution in [0.15, 0.2) is 74.4 Å². The van der Waals surface area contributed by atoms with Gasteiger partial charge in [0.1, 0.15) is 5.58 Å². The summed E-state index contributed by atoms with van der Waals surface area (Å²) >= 11 is 3.49. The second kappa shape index (κ2) is 6.84. The molecule has 0 N–H and O–H groups in total. The van der Waals surface area contributed by atoms with Crippen molar-refractivity contribution in [3.05, 3.63) is 81.1 Å². The molecule has 5 heteroatoms. The number of rotatable bonds is 3. The van der Waals surface area contributed by atoms with E-state index in [2.05, 4.69) is 15.9 Å². The number of hydrogen-bond acceptors (Lipinski definition) is 3. The van der Waals surface area contributed by atoms with Crippen LogP contribution < -0.4 is 10.5 Å². The Kier molecular flexibility index (Phi) is 4.62. The Morgan fingerprint density at radius 2 is 1.83 bits per heavy atom. The third-order valence-corrected chi connectivity index (χ3v) is 4.46. The summed E-state index contributed by atoms with van der Waals surface area (Å²) in [5, 5.41) is 0.735. The van der Waals surface area contributed by atoms with Gasteiger partial charge in [0.2, 0.25) is 0 Å². The summed E-state index contributed by atoms with van der Waals surface area (Å²) in [6.07, 6.45) is 3.30. The molecular formula is C19H14BrNO3. The van der Waals surface area contributed by atoms with E-state index in [1.165, 1.54) is 17.0 Å². The first-order chi connectivity index (χ1) is 11.6. The van der Waals surface area contributed by atoms with Crippen molar-refractivity contribution in [1.29, 1.82) is 0 Å². The maximum Gasteiger partial charge on any atom is 0.336 e. The highest BCUT2D eigenvalue weighted by Crippen LogP contribution is 2.32. The number of carbonyl (C=O) groups excluding carboxylic acids is 1. The van der Waals surface area contributed by atoms with Gasteiger partial charge in [0.25, 0.3) is 5.91 Å². The molecule has 0 saturated heterocycles. The quantitative estimate of drug-likeness (QED) is 0.502. The fourth-order valence-corrected chi connectivity index (χ4v) is 3.05. The number of carbonyl (C=O) groups is 1. The molecule has 3 rings (SSSR count). The number of benzene rings is 2. The van der Waals surface area contributed by atoms with Gasteiger partial charge < -0.3 is 9.32 Å². The summed E-state index contributed by atoms with van der Waals surface area (Å²) in [5.74, 6) is -0.156. The molecule has 2 aromatic carbocycles. The molecule has 0 aliphatic rings. The summed E-state index contributed by atoms with van der Waals surface area (Å²) in [6, 6.07) is 16.1. The number of anilines is 1. The van der Waals surface area contributed by atoms with Gasteiger partial charge in [0, 0.05) is 24.6 Å². The van der Waals surface area contributed by atoms with Gasteiger partial charge in [0.05, 0.1) is 10.2 Å². The lowest BCUT2D eigenvalue weighted by atomic mass is 10.2. The monoisotopic (exact) mass is 383 g/mol. The summed E-state index contributed by atoms with van der Waals surface area (Å²) < 4.78 is 5.84. The highest BCUT2D eigenvalue weighted by molar-refractivity contribution is 9.10. The van der Waals surface area contributed by atoms with Gasteiger partial charge in [-0.1, -0.05) is 30.3 Å². The van der Waals surface area contributed by atoms with Gasteiger partial charge in [-0.05, 0) is 45.8 Å². The Labute approximate surface area is 147 Å². The standard InChI is InChI=1S/C19H14BrNO3/c1-21(17(22)11-7-13-5-3-2-4-6-13)15-9-10-16-14(19(15)20)8-12-18(23)24-16/h2-12H,1H3/b11-7+. The zero-order valence-electron chi connectivity index (χ0n) is 12.9. The number of amides is 1. The molecule has 24 heavy (non-hydrogen) atoms. The second-order valence-corrected chi connectivity index (χ2v) is 6.00. The number of halogens is 1. The minimum Gasteiger partial charge on any atom is -0.423 e. The van der Waals surface area contributed by atoms with Gasteiger partial charge in [0.15, 0.2) is 0 Å². The van der Waals surface area contributed by atoms with E-state index in [1.54, 1.807) is 31.3 Å². The van der Waals surface area contributed by atoms with Crippen LogP contribution in [-0.2, 0) is 4.79 Å². The predicted molar refractivity (Wildman–Crippen MR) is 99.1 cm³/mol. The van der Waals surface area contributed by atoms with Crippen molar-refractivity contribution in [2.75, 3.05) is 11.9 Å². The van der Waals surface area contributed by atoms with Crippen molar-refractivity contribution in [1.82, 2.24) is 0 Å². The van der Waals surface area contributed by atoms with Crippen molar-refractivity contribution in [3.63, 3.8) is 0 Å². The van der Waals surface area contributed by atoms with E-state index in [0.717, 1.165) is 10.9 Å². The first-order valence-corrected chi connectivity index (χ1v) is 8.09. The molecule has 0 fully saturated rings. The van der Waals surface area contributed by atoms with Gasteiger partial charge in [-0.3, -0.25) is 4.79 Å². The molecule has 1 amide bonds. The number of hydrogen-bond donors (Lipinski definition) is 0. The zero-order valence-corrected chi connectivity index (χ0v) is 14.5. The van der Waals surface area contributed by atoms with Gasteiger partial charge >= 0.3 is 5.63 Å². The van der Waals surface area contributed by atoms with Crippen molar-refractivity contribution in [3.8, 4) is 0 Å². The van der Waals surface area contributed by atoms with E-state index in [4.69, 9.17) is 4.42 Å². The molecule has 0 aliphatic carbocycles. The first-order valence-electron chi connectivity index (χ1n) is 7.29. The Bertz CT molecular complexity index is 977. The zero-order chi connectivity index (χ0) is 17.1. The van der Waals surface area contributed by atoms with E-state index in [-0.39, 0.29) is 5.91 Å². The molecule has 120 valence electrons. The Morgan fingerprint density at radius 3 is 2.58 bits per heavy atom. The van der Waals surface area contributed by atoms with Crippen LogP contribution >= 0.6 is 15.9 Å². The van der Waals surface area contributed by atoms with Crippen molar-refractivity contribution >= 4 is 44.6 Å². The van der Waals surface area contributed by atoms with Crippen LogP contribution in [0, 0.1) is 0 Å². The van der Waals surface area contributed by atoms with Gasteiger partial charge in [-0.2, -0.15) is 0 Å². The van der Waals surface area contributed by atoms with E-state index in [1.807, 2.05) is 30.3 Å². The SMILES string of the molecule is CN(C(=O)/C=C/c1ccccc1)c1ccc2oc(=O)ccc2c1Br. The highest BCUT2D eigenvalue weighted by Gasteiger charge is 2.14. The lowest BCUT2D eigenvalue weighted by molar-refractivity contribution is -0.113. The molecule has 0 radical (unpaired) electrons. The smallest absolute Gasteiger partial charge is 0.336 e. The largest absolute Gasteiger partial charge is 0.423 e. The van der Waals surface area contributed by atoms with Crippen LogP contribution in [0.2, 0.25) is 0 Å². The number of nitrogens with zero attached hydrogens (tertiary/aromatic N) is 1. The molecular weight excluding hydrogens is 370 g/mol. The van der Waals surface area contributed by atoms with Crippen molar-refractivity contribution in [2.24, 2.45) is 0 Å². The van der Waals surface area contributed by atoms with Crippen LogP contribution in [0.3, 0.4) is 0 Å². The normalized spacial score (nSPS) is 11.1. The van der Waals surface area contributed by atoms with Crippen LogP contribution in [0.25, 0.3) is 17.0 Å². The molecule has 0 bridgehead atoms. The van der Waals surface area contributed by atoms with E-state index < -0.39 is 5.63 Å². The highest BCUT2D eigenvalue weighted by atomic mass is 79.9. The average molecular weight is 384 g/mol. The van der Waals surface area contributed by atoms with Gasteiger partial charge in [-0.15, -0.1) is 0 Å². The minimum atomic E-state index is -0.405. The summed E-state index contributed by atoms with van der Waals surface area (Å²) in [5.41, 5.74) is 1.72. The molecule has 1 heterocycles. The van der Waals surface area contributed by atoms with Crippen LogP contribution in [0.4, 0.5) is 5.69 Å². The molecule has 0 unspecified atom stereocenters. The summed E-state index contributed by atoms with van der Waals surface area (Å²) in [7, 11) is 1.70. The minimum absolute atomic E-state index is 0.156. The second-order valence-electron chi connectivity index (χ2n) is 5.21. The molecule has 1 aromatic heterocycles. The fraction of sp³-hybridized carbons (Fsp3) is 0.0526. The third-order valence-electron chi connectivity index (χ3n) is 3.63. The molecule has 3 aromatic rings. The fourth-order valence-electron chi connectivity index (χ4n) is 2.32. The predicted octanol–water partition coefficient (Wildman–Crippen LogP) is 4.23. The molecule has 0 atom stereocenters. The van der Waals surface area contributed by atoms with E-state index in [0.29, 0.717) is 15.7 Å². The van der Waals surface area contributed by atoms with Crippen molar-refractivity contribution < 1.29 is 9.21 Å². The van der Waals surface area contributed by atoms with Crippen LogP contribution in [0.1, 0.15) is 5.56 Å². The summed E-state index contributed by atoms with van der Waals surface area (Å²) in [4.78, 5) is 25.2. The Hall–Kier alpha value is -2.66. The van der Waals surface area contributed by atoms with Crippen molar-refractivity contribution in [2.45, 2.75) is 0 Å². The molecule has 4 nitrogen and oxygen atoms in total. The Balaban J connectivity index is 1.90. The number of likely N-dealkylation sites (N-methyl/N-ethyl adjacent to an activating group) is 1. The summed E-state index contributed by atoms with van der Waals surface area (Å²) in [6.45, 7) is 0. The van der Waals surface area contributed by atoms with Gasteiger partial charge in [-0.25, -0.2) is 4.79 Å². The lowest BCUT2D eigenvalue weighted by Crippen LogP contribution is -2.24.